The Balaban J connectivity index is 1.55. The molecule has 0 aliphatic carbocycles. The largest absolute Gasteiger partial charge is 0.360 e. The number of amides is 2. The Morgan fingerprint density at radius 1 is 1.17 bits per heavy atom. The van der Waals surface area contributed by atoms with Gasteiger partial charge in [-0.05, 0) is 38.7 Å². The van der Waals surface area contributed by atoms with E-state index >= 15 is 0 Å². The van der Waals surface area contributed by atoms with Gasteiger partial charge in [-0.25, -0.2) is 4.98 Å². The number of benzene rings is 1. The SMILES string of the molecule is Cc1cccc(CNC(=O)c2nc(C(=O)Nc3cc(C)on3)c3n2CCCC3)c1. The first-order valence-electron chi connectivity index (χ1n) is 9.69. The molecular weight excluding hydrogens is 370 g/mol. The number of nitrogens with zero attached hydrogens (tertiary/aromatic N) is 3. The van der Waals surface area contributed by atoms with Crippen LogP contribution in [0.2, 0.25) is 0 Å². The third-order valence-electron chi connectivity index (χ3n) is 4.94. The Labute approximate surface area is 168 Å². The smallest absolute Gasteiger partial charge is 0.287 e. The van der Waals surface area contributed by atoms with Crippen LogP contribution in [0.25, 0.3) is 0 Å². The molecule has 1 aliphatic rings. The van der Waals surface area contributed by atoms with E-state index in [2.05, 4.69) is 20.8 Å². The molecule has 0 radical (unpaired) electrons. The van der Waals surface area contributed by atoms with Crippen LogP contribution in [0.4, 0.5) is 5.82 Å². The molecule has 8 nitrogen and oxygen atoms in total. The fourth-order valence-corrected chi connectivity index (χ4v) is 3.58. The molecule has 2 amide bonds. The standard InChI is InChI=1S/C21H23N5O3/c1-13-6-5-7-15(10-13)12-22-21(28)19-24-18(16-8-3-4-9-26(16)19)20(27)23-17-11-14(2)29-25-17/h5-7,10-11H,3-4,8-9,12H2,1-2H3,(H,22,28)(H,23,25,27). The fourth-order valence-electron chi connectivity index (χ4n) is 3.58. The van der Waals surface area contributed by atoms with Gasteiger partial charge in [0.25, 0.3) is 11.8 Å². The Kier molecular flexibility index (Phi) is 5.16. The molecule has 1 aromatic carbocycles. The van der Waals surface area contributed by atoms with Gasteiger partial charge in [0.1, 0.15) is 5.76 Å². The van der Waals surface area contributed by atoms with Crippen molar-refractivity contribution in [3.63, 3.8) is 0 Å². The molecule has 1 aliphatic heterocycles. The highest BCUT2D eigenvalue weighted by Gasteiger charge is 2.27. The number of fused-ring (bicyclic) bond motifs is 1. The molecule has 0 saturated carbocycles. The van der Waals surface area contributed by atoms with Crippen LogP contribution in [0, 0.1) is 13.8 Å². The summed E-state index contributed by atoms with van der Waals surface area (Å²) in [7, 11) is 0. The lowest BCUT2D eigenvalue weighted by Crippen LogP contribution is -2.27. The van der Waals surface area contributed by atoms with Gasteiger partial charge in [0.05, 0.1) is 5.69 Å². The minimum absolute atomic E-state index is 0.269. The number of carbonyl (C=O) groups excluding carboxylic acids is 2. The quantitative estimate of drug-likeness (QED) is 0.694. The van der Waals surface area contributed by atoms with Crippen molar-refractivity contribution in [1.29, 1.82) is 0 Å². The number of nitrogens with one attached hydrogen (secondary N) is 2. The maximum absolute atomic E-state index is 12.8. The van der Waals surface area contributed by atoms with Crippen molar-refractivity contribution in [3.8, 4) is 0 Å². The van der Waals surface area contributed by atoms with Gasteiger partial charge >= 0.3 is 0 Å². The topological polar surface area (TPSA) is 102 Å². The summed E-state index contributed by atoms with van der Waals surface area (Å²) in [6, 6.07) is 9.60. The summed E-state index contributed by atoms with van der Waals surface area (Å²) in [5, 5.41) is 9.40. The summed E-state index contributed by atoms with van der Waals surface area (Å²) < 4.78 is 6.84. The minimum Gasteiger partial charge on any atom is -0.360 e. The summed E-state index contributed by atoms with van der Waals surface area (Å²) in [6.45, 7) is 4.84. The number of imidazole rings is 1. The number of rotatable bonds is 5. The molecule has 0 saturated heterocycles. The molecule has 0 atom stereocenters. The summed E-state index contributed by atoms with van der Waals surface area (Å²) in [5.41, 5.74) is 3.21. The van der Waals surface area contributed by atoms with E-state index in [0.29, 0.717) is 31.1 Å². The average molecular weight is 393 g/mol. The normalized spacial score (nSPS) is 13.0. The molecule has 150 valence electrons. The van der Waals surface area contributed by atoms with Gasteiger partial charge in [-0.1, -0.05) is 35.0 Å². The van der Waals surface area contributed by atoms with Crippen molar-refractivity contribution in [2.75, 3.05) is 5.32 Å². The Morgan fingerprint density at radius 2 is 2.03 bits per heavy atom. The van der Waals surface area contributed by atoms with Crippen molar-refractivity contribution in [2.45, 2.75) is 46.2 Å². The van der Waals surface area contributed by atoms with Gasteiger partial charge in [0.15, 0.2) is 17.3 Å². The lowest BCUT2D eigenvalue weighted by atomic mass is 10.1. The molecular formula is C21H23N5O3. The van der Waals surface area contributed by atoms with Crippen molar-refractivity contribution >= 4 is 17.6 Å². The van der Waals surface area contributed by atoms with E-state index in [4.69, 9.17) is 4.52 Å². The molecule has 0 bridgehead atoms. The third-order valence-corrected chi connectivity index (χ3v) is 4.94. The van der Waals surface area contributed by atoms with Crippen LogP contribution in [0.15, 0.2) is 34.9 Å². The molecule has 3 heterocycles. The van der Waals surface area contributed by atoms with Crippen molar-refractivity contribution in [2.24, 2.45) is 0 Å². The van der Waals surface area contributed by atoms with E-state index in [1.165, 1.54) is 0 Å². The summed E-state index contributed by atoms with van der Waals surface area (Å²) >= 11 is 0. The van der Waals surface area contributed by atoms with Crippen molar-refractivity contribution < 1.29 is 14.1 Å². The Hall–Kier alpha value is -3.42. The van der Waals surface area contributed by atoms with Gasteiger partial charge in [0, 0.05) is 19.2 Å². The first-order valence-corrected chi connectivity index (χ1v) is 9.69. The molecule has 0 spiro atoms. The molecule has 0 unspecified atom stereocenters. The van der Waals surface area contributed by atoms with Crippen LogP contribution >= 0.6 is 0 Å². The van der Waals surface area contributed by atoms with Crippen LogP contribution in [0.1, 0.15) is 56.5 Å². The zero-order valence-corrected chi connectivity index (χ0v) is 16.5. The lowest BCUT2D eigenvalue weighted by molar-refractivity contribution is 0.0935. The van der Waals surface area contributed by atoms with Gasteiger partial charge < -0.3 is 19.7 Å². The van der Waals surface area contributed by atoms with Crippen LogP contribution in [0.3, 0.4) is 0 Å². The zero-order valence-electron chi connectivity index (χ0n) is 16.5. The van der Waals surface area contributed by atoms with E-state index < -0.39 is 0 Å². The molecule has 8 heteroatoms. The molecule has 4 rings (SSSR count). The molecule has 29 heavy (non-hydrogen) atoms. The number of aromatic nitrogens is 3. The van der Waals surface area contributed by atoms with Crippen molar-refractivity contribution in [1.82, 2.24) is 20.0 Å². The second-order valence-corrected chi connectivity index (χ2v) is 7.29. The van der Waals surface area contributed by atoms with Crippen LogP contribution in [0.5, 0.6) is 0 Å². The molecule has 2 N–H and O–H groups in total. The highest BCUT2D eigenvalue weighted by Crippen LogP contribution is 2.22. The predicted molar refractivity (Wildman–Crippen MR) is 107 cm³/mol. The number of anilines is 1. The third kappa shape index (κ3) is 4.06. The van der Waals surface area contributed by atoms with E-state index in [1.807, 2.05) is 35.8 Å². The van der Waals surface area contributed by atoms with E-state index in [0.717, 1.165) is 29.7 Å². The summed E-state index contributed by atoms with van der Waals surface area (Å²) in [6.07, 6.45) is 2.61. The van der Waals surface area contributed by atoms with Gasteiger partial charge in [-0.3, -0.25) is 9.59 Å². The fraction of sp³-hybridized carbons (Fsp3) is 0.333. The highest BCUT2D eigenvalue weighted by atomic mass is 16.5. The van der Waals surface area contributed by atoms with Crippen LogP contribution in [-0.4, -0.2) is 26.5 Å². The highest BCUT2D eigenvalue weighted by molar-refractivity contribution is 6.04. The van der Waals surface area contributed by atoms with E-state index in [-0.39, 0.29) is 23.3 Å². The lowest BCUT2D eigenvalue weighted by Gasteiger charge is -2.17. The second kappa shape index (κ2) is 7.90. The maximum atomic E-state index is 12.8. The molecule has 0 fully saturated rings. The number of carbonyl (C=O) groups is 2. The zero-order chi connectivity index (χ0) is 20.4. The van der Waals surface area contributed by atoms with Gasteiger partial charge in [-0.15, -0.1) is 0 Å². The van der Waals surface area contributed by atoms with Crippen molar-refractivity contribution in [3.05, 3.63) is 64.4 Å². The summed E-state index contributed by atoms with van der Waals surface area (Å²) in [4.78, 5) is 30.0. The van der Waals surface area contributed by atoms with Gasteiger partial charge in [0.2, 0.25) is 0 Å². The first kappa shape index (κ1) is 18.9. The number of aryl methyl sites for hydroxylation is 2. The first-order chi connectivity index (χ1) is 14.0. The van der Waals surface area contributed by atoms with Crippen LogP contribution in [-0.2, 0) is 19.5 Å². The molecule has 3 aromatic rings. The van der Waals surface area contributed by atoms with Gasteiger partial charge in [-0.2, -0.15) is 0 Å². The minimum atomic E-state index is -0.387. The average Bonchev–Trinajstić information content (AvgIpc) is 3.30. The summed E-state index contributed by atoms with van der Waals surface area (Å²) in [5.74, 6) is 0.528. The Morgan fingerprint density at radius 3 is 2.79 bits per heavy atom. The van der Waals surface area contributed by atoms with E-state index in [9.17, 15) is 9.59 Å². The number of hydrogen-bond acceptors (Lipinski definition) is 5. The molecule has 2 aromatic heterocycles. The Bertz CT molecular complexity index is 1070. The predicted octanol–water partition coefficient (Wildman–Crippen LogP) is 3.01. The van der Waals surface area contributed by atoms with Crippen LogP contribution < -0.4 is 10.6 Å². The monoisotopic (exact) mass is 393 g/mol. The number of hydrogen-bond donors (Lipinski definition) is 2. The maximum Gasteiger partial charge on any atom is 0.287 e. The van der Waals surface area contributed by atoms with E-state index in [1.54, 1.807) is 13.0 Å². The second-order valence-electron chi connectivity index (χ2n) is 7.29.